The van der Waals surface area contributed by atoms with E-state index in [2.05, 4.69) is 39.5 Å². The lowest BCUT2D eigenvalue weighted by Crippen LogP contribution is -1.77. The normalized spacial score (nSPS) is 11.2. The van der Waals surface area contributed by atoms with Crippen molar-refractivity contribution in [3.63, 3.8) is 0 Å². The van der Waals surface area contributed by atoms with Crippen LogP contribution in [0.2, 0.25) is 0 Å². The van der Waals surface area contributed by atoms with Crippen LogP contribution in [0.25, 0.3) is 0 Å². The zero-order chi connectivity index (χ0) is 9.56. The van der Waals surface area contributed by atoms with Gasteiger partial charge < -0.3 is 0 Å². The summed E-state index contributed by atoms with van der Waals surface area (Å²) in [6, 6.07) is 0. The minimum Gasteiger partial charge on any atom is -0.0961 e. The van der Waals surface area contributed by atoms with E-state index in [4.69, 9.17) is 0 Å². The smallest absolute Gasteiger partial charge is 0.0285 e. The van der Waals surface area contributed by atoms with E-state index in [9.17, 15) is 0 Å². The second kappa shape index (κ2) is 5.82. The topological polar surface area (TPSA) is 0 Å². The summed E-state index contributed by atoms with van der Waals surface area (Å²) in [4.78, 5) is 0. The molecule has 12 heavy (non-hydrogen) atoms. The number of allylic oxidation sites excluding steroid dienone is 5. The van der Waals surface area contributed by atoms with Crippen LogP contribution in [0.3, 0.4) is 0 Å². The molecule has 0 heteroatoms. The molecule has 0 heterocycles. The first-order chi connectivity index (χ1) is 5.52. The summed E-state index contributed by atoms with van der Waals surface area (Å²) in [6.45, 7) is 12.3. The molecule has 68 valence electrons. The molecule has 0 radical (unpaired) electrons. The molecule has 0 aliphatic heterocycles. The summed E-state index contributed by atoms with van der Waals surface area (Å²) in [5, 5.41) is 0. The zero-order valence-electron chi connectivity index (χ0n) is 8.78. The lowest BCUT2D eigenvalue weighted by atomic mass is 10.1. The highest BCUT2D eigenvalue weighted by Crippen LogP contribution is 2.08. The molecule has 0 saturated carbocycles. The predicted molar refractivity (Wildman–Crippen MR) is 57.2 cm³/mol. The fraction of sp³-hybridized carbons (Fsp3) is 0.500. The first-order valence-corrected chi connectivity index (χ1v) is 4.48. The maximum atomic E-state index is 3.85. The van der Waals surface area contributed by atoms with Crippen molar-refractivity contribution in [2.75, 3.05) is 0 Å². The molecule has 0 spiro atoms. The summed E-state index contributed by atoms with van der Waals surface area (Å²) >= 11 is 0. The van der Waals surface area contributed by atoms with E-state index in [0.29, 0.717) is 0 Å². The van der Waals surface area contributed by atoms with Crippen LogP contribution < -0.4 is 0 Å². The average Bonchev–Trinajstić information content (AvgIpc) is 1.84. The van der Waals surface area contributed by atoms with Crippen LogP contribution in [-0.4, -0.2) is 0 Å². The second-order valence-corrected chi connectivity index (χ2v) is 3.66. The van der Waals surface area contributed by atoms with Crippen molar-refractivity contribution in [3.05, 3.63) is 35.5 Å². The van der Waals surface area contributed by atoms with Gasteiger partial charge in [-0.25, -0.2) is 0 Å². The van der Waals surface area contributed by atoms with Crippen LogP contribution >= 0.6 is 0 Å². The molecule has 0 aliphatic carbocycles. The highest BCUT2D eigenvalue weighted by atomic mass is 13.9. The molecule has 0 bridgehead atoms. The molecule has 0 aromatic carbocycles. The Morgan fingerprint density at radius 3 is 2.17 bits per heavy atom. The minimum atomic E-state index is 1.14. The van der Waals surface area contributed by atoms with E-state index >= 15 is 0 Å². The van der Waals surface area contributed by atoms with Crippen molar-refractivity contribution < 1.29 is 0 Å². The molecule has 0 atom stereocenters. The van der Waals surface area contributed by atoms with Gasteiger partial charge >= 0.3 is 0 Å². The lowest BCUT2D eigenvalue weighted by Gasteiger charge is -1.98. The van der Waals surface area contributed by atoms with Crippen LogP contribution in [0.15, 0.2) is 35.5 Å². The van der Waals surface area contributed by atoms with Crippen LogP contribution in [0.4, 0.5) is 0 Å². The quantitative estimate of drug-likeness (QED) is 0.430. The van der Waals surface area contributed by atoms with Gasteiger partial charge in [-0.3, -0.25) is 0 Å². The van der Waals surface area contributed by atoms with Crippen molar-refractivity contribution in [1.82, 2.24) is 0 Å². The summed E-state index contributed by atoms with van der Waals surface area (Å²) in [7, 11) is 0. The maximum absolute atomic E-state index is 3.85. The minimum absolute atomic E-state index is 1.14. The van der Waals surface area contributed by atoms with Crippen molar-refractivity contribution >= 4 is 0 Å². The molecule has 0 aromatic heterocycles. The molecule has 0 nitrogen and oxygen atoms in total. The Bertz CT molecular complexity index is 200. The first kappa shape index (κ1) is 11.2. The molecule has 0 amide bonds. The first-order valence-electron chi connectivity index (χ1n) is 4.48. The van der Waals surface area contributed by atoms with Crippen LogP contribution in [0.1, 0.15) is 40.5 Å². The van der Waals surface area contributed by atoms with Gasteiger partial charge in [-0.1, -0.05) is 35.5 Å². The van der Waals surface area contributed by atoms with Crippen LogP contribution in [0.5, 0.6) is 0 Å². The van der Waals surface area contributed by atoms with Gasteiger partial charge in [0.1, 0.15) is 0 Å². The summed E-state index contributed by atoms with van der Waals surface area (Å²) in [5.74, 6) is 0. The van der Waals surface area contributed by atoms with Crippen molar-refractivity contribution in [2.24, 2.45) is 0 Å². The predicted octanol–water partition coefficient (Wildman–Crippen LogP) is 4.26. The molecular formula is C12H20. The molecular weight excluding hydrogens is 144 g/mol. The molecule has 0 saturated heterocycles. The van der Waals surface area contributed by atoms with Gasteiger partial charge in [0, 0.05) is 0 Å². The van der Waals surface area contributed by atoms with Crippen molar-refractivity contribution in [3.8, 4) is 0 Å². The Labute approximate surface area is 76.7 Å². The summed E-state index contributed by atoms with van der Waals surface area (Å²) in [5.41, 5.74) is 3.96. The molecule has 0 rings (SSSR count). The Kier molecular flexibility index (Phi) is 5.44. The number of hydrogen-bond acceptors (Lipinski definition) is 0. The van der Waals surface area contributed by atoms with E-state index in [0.717, 1.165) is 18.4 Å². The number of hydrogen-bond donors (Lipinski definition) is 0. The highest BCUT2D eigenvalue weighted by Gasteiger charge is 1.88. The Balaban J connectivity index is 3.79. The third-order valence-corrected chi connectivity index (χ3v) is 1.58. The van der Waals surface area contributed by atoms with Crippen LogP contribution in [0, 0.1) is 0 Å². The zero-order valence-corrected chi connectivity index (χ0v) is 8.78. The van der Waals surface area contributed by atoms with Gasteiger partial charge in [-0.05, 0) is 40.5 Å². The largest absolute Gasteiger partial charge is 0.0961 e. The second-order valence-electron chi connectivity index (χ2n) is 3.66. The van der Waals surface area contributed by atoms with Gasteiger partial charge in [-0.2, -0.15) is 0 Å². The fourth-order valence-corrected chi connectivity index (χ4v) is 1.08. The fourth-order valence-electron chi connectivity index (χ4n) is 1.08. The van der Waals surface area contributed by atoms with Gasteiger partial charge in [0.05, 0.1) is 0 Å². The summed E-state index contributed by atoms with van der Waals surface area (Å²) in [6.07, 6.45) is 6.73. The van der Waals surface area contributed by atoms with E-state index in [-0.39, 0.29) is 0 Å². The number of rotatable bonds is 4. The molecule has 0 unspecified atom stereocenters. The van der Waals surface area contributed by atoms with Crippen molar-refractivity contribution in [2.45, 2.75) is 40.5 Å². The van der Waals surface area contributed by atoms with Gasteiger partial charge in [0.15, 0.2) is 0 Å². The molecule has 0 N–H and O–H groups in total. The van der Waals surface area contributed by atoms with Gasteiger partial charge in [0.25, 0.3) is 0 Å². The average molecular weight is 164 g/mol. The Morgan fingerprint density at radius 2 is 1.75 bits per heavy atom. The van der Waals surface area contributed by atoms with E-state index < -0.39 is 0 Å². The third kappa shape index (κ3) is 7.33. The Hall–Kier alpha value is -0.780. The Morgan fingerprint density at radius 1 is 1.17 bits per heavy atom. The molecule has 0 aromatic rings. The van der Waals surface area contributed by atoms with E-state index in [1.807, 2.05) is 6.92 Å². The monoisotopic (exact) mass is 164 g/mol. The third-order valence-electron chi connectivity index (χ3n) is 1.58. The standard InChI is InChI=1S/C12H20/c1-10(2)7-6-8-12(5)9-11(3)4/h7,9H,3,6,8H2,1-2,4-5H3. The molecule has 0 fully saturated rings. The van der Waals surface area contributed by atoms with Crippen molar-refractivity contribution in [1.29, 1.82) is 0 Å². The highest BCUT2D eigenvalue weighted by molar-refractivity contribution is 5.17. The van der Waals surface area contributed by atoms with E-state index in [1.165, 1.54) is 11.1 Å². The molecule has 0 aliphatic rings. The van der Waals surface area contributed by atoms with Gasteiger partial charge in [-0.15, -0.1) is 0 Å². The van der Waals surface area contributed by atoms with Crippen LogP contribution in [-0.2, 0) is 0 Å². The maximum Gasteiger partial charge on any atom is -0.0285 e. The lowest BCUT2D eigenvalue weighted by molar-refractivity contribution is 0.965. The summed E-state index contributed by atoms with van der Waals surface area (Å²) < 4.78 is 0. The SMILES string of the molecule is C=C(C)C=C(C)CCC=C(C)C. The van der Waals surface area contributed by atoms with Gasteiger partial charge in [0.2, 0.25) is 0 Å². The van der Waals surface area contributed by atoms with E-state index in [1.54, 1.807) is 0 Å².